The topological polar surface area (TPSA) is 29.3 Å². The number of nitrogens with zero attached hydrogens (tertiary/aromatic N) is 1. The SMILES string of the molecule is CCCCCN(C)CCCC(C)N. The van der Waals surface area contributed by atoms with Crippen LogP contribution in [0.4, 0.5) is 0 Å². The van der Waals surface area contributed by atoms with Gasteiger partial charge in [0.2, 0.25) is 0 Å². The molecular weight excluding hydrogens is 160 g/mol. The van der Waals surface area contributed by atoms with Gasteiger partial charge in [0.1, 0.15) is 0 Å². The molecule has 0 aromatic carbocycles. The molecule has 80 valence electrons. The molecule has 0 heterocycles. The van der Waals surface area contributed by atoms with Gasteiger partial charge < -0.3 is 10.6 Å². The van der Waals surface area contributed by atoms with Crippen LogP contribution in [0.1, 0.15) is 46.0 Å². The summed E-state index contributed by atoms with van der Waals surface area (Å²) in [5, 5.41) is 0. The summed E-state index contributed by atoms with van der Waals surface area (Å²) in [4.78, 5) is 2.41. The maximum absolute atomic E-state index is 5.68. The van der Waals surface area contributed by atoms with Crippen LogP contribution in [0.25, 0.3) is 0 Å². The Kier molecular flexibility index (Phi) is 8.46. The Morgan fingerprint density at radius 1 is 1.15 bits per heavy atom. The molecule has 2 heteroatoms. The molecule has 0 amide bonds. The molecule has 0 aliphatic rings. The fraction of sp³-hybridized carbons (Fsp3) is 1.00. The van der Waals surface area contributed by atoms with Gasteiger partial charge in [-0.3, -0.25) is 0 Å². The molecule has 2 nitrogen and oxygen atoms in total. The normalized spacial score (nSPS) is 13.6. The van der Waals surface area contributed by atoms with Crippen molar-refractivity contribution < 1.29 is 0 Å². The van der Waals surface area contributed by atoms with Crippen LogP contribution in [0.15, 0.2) is 0 Å². The van der Waals surface area contributed by atoms with E-state index >= 15 is 0 Å². The van der Waals surface area contributed by atoms with Crippen molar-refractivity contribution in [3.63, 3.8) is 0 Å². The summed E-state index contributed by atoms with van der Waals surface area (Å²) in [6.07, 6.45) is 6.40. The van der Waals surface area contributed by atoms with Crippen LogP contribution >= 0.6 is 0 Å². The highest BCUT2D eigenvalue weighted by atomic mass is 15.1. The van der Waals surface area contributed by atoms with Crippen molar-refractivity contribution >= 4 is 0 Å². The first-order chi connectivity index (χ1) is 6.16. The number of hydrogen-bond donors (Lipinski definition) is 1. The third-order valence-corrected chi connectivity index (χ3v) is 2.34. The van der Waals surface area contributed by atoms with Gasteiger partial charge in [-0.05, 0) is 46.3 Å². The molecule has 0 aromatic heterocycles. The van der Waals surface area contributed by atoms with Crippen molar-refractivity contribution in [1.29, 1.82) is 0 Å². The number of rotatable bonds is 8. The highest BCUT2D eigenvalue weighted by molar-refractivity contribution is 4.57. The molecule has 1 atom stereocenters. The predicted octanol–water partition coefficient (Wildman–Crippen LogP) is 2.24. The number of nitrogens with two attached hydrogens (primary N) is 1. The summed E-state index contributed by atoms with van der Waals surface area (Å²) in [5.41, 5.74) is 5.68. The minimum absolute atomic E-state index is 0.365. The zero-order valence-corrected chi connectivity index (χ0v) is 9.55. The first-order valence-corrected chi connectivity index (χ1v) is 5.61. The first-order valence-electron chi connectivity index (χ1n) is 5.61. The van der Waals surface area contributed by atoms with Crippen LogP contribution in [-0.4, -0.2) is 31.1 Å². The third-order valence-electron chi connectivity index (χ3n) is 2.34. The summed E-state index contributed by atoms with van der Waals surface area (Å²) in [7, 11) is 2.21. The van der Waals surface area contributed by atoms with Crippen LogP contribution in [0.3, 0.4) is 0 Å². The lowest BCUT2D eigenvalue weighted by atomic mass is 10.2. The van der Waals surface area contributed by atoms with Crippen molar-refractivity contribution in [3.8, 4) is 0 Å². The molecule has 1 unspecified atom stereocenters. The van der Waals surface area contributed by atoms with Gasteiger partial charge in [-0.2, -0.15) is 0 Å². The van der Waals surface area contributed by atoms with E-state index in [4.69, 9.17) is 5.73 Å². The number of hydrogen-bond acceptors (Lipinski definition) is 2. The van der Waals surface area contributed by atoms with Gasteiger partial charge in [-0.25, -0.2) is 0 Å². The molecule has 2 N–H and O–H groups in total. The van der Waals surface area contributed by atoms with Gasteiger partial charge in [0.15, 0.2) is 0 Å². The average molecular weight is 186 g/mol. The van der Waals surface area contributed by atoms with E-state index in [2.05, 4.69) is 25.8 Å². The molecule has 0 spiro atoms. The summed E-state index contributed by atoms with van der Waals surface area (Å²) < 4.78 is 0. The standard InChI is InChI=1S/C11H26N2/c1-4-5-6-9-13(3)10-7-8-11(2)12/h11H,4-10,12H2,1-3H3. The van der Waals surface area contributed by atoms with Crippen molar-refractivity contribution in [2.75, 3.05) is 20.1 Å². The summed E-state index contributed by atoms with van der Waals surface area (Å²) in [6.45, 7) is 6.77. The molecule has 0 aliphatic heterocycles. The van der Waals surface area contributed by atoms with Gasteiger partial charge >= 0.3 is 0 Å². The van der Waals surface area contributed by atoms with Crippen LogP contribution in [0.5, 0.6) is 0 Å². The quantitative estimate of drug-likeness (QED) is 0.589. The lowest BCUT2D eigenvalue weighted by Gasteiger charge is -2.16. The molecule has 0 fully saturated rings. The Balaban J connectivity index is 3.15. The summed E-state index contributed by atoms with van der Waals surface area (Å²) >= 11 is 0. The fourth-order valence-electron chi connectivity index (χ4n) is 1.43. The molecule has 0 saturated carbocycles. The zero-order chi connectivity index (χ0) is 10.1. The molecule has 0 radical (unpaired) electrons. The van der Waals surface area contributed by atoms with Gasteiger partial charge in [-0.15, -0.1) is 0 Å². The molecule has 0 rings (SSSR count). The monoisotopic (exact) mass is 186 g/mol. The first kappa shape index (κ1) is 12.9. The molecule has 0 aliphatic carbocycles. The Hall–Kier alpha value is -0.0800. The molecule has 13 heavy (non-hydrogen) atoms. The number of unbranched alkanes of at least 4 members (excludes halogenated alkanes) is 2. The van der Waals surface area contributed by atoms with Crippen molar-refractivity contribution in [2.24, 2.45) is 5.73 Å². The average Bonchev–Trinajstić information content (AvgIpc) is 2.04. The fourth-order valence-corrected chi connectivity index (χ4v) is 1.43. The maximum atomic E-state index is 5.68. The van der Waals surface area contributed by atoms with Crippen molar-refractivity contribution in [2.45, 2.75) is 52.0 Å². The second-order valence-corrected chi connectivity index (χ2v) is 4.13. The predicted molar refractivity (Wildman–Crippen MR) is 59.9 cm³/mol. The second kappa shape index (κ2) is 8.52. The Labute approximate surface area is 83.5 Å². The van der Waals surface area contributed by atoms with Gasteiger partial charge in [-0.1, -0.05) is 19.8 Å². The van der Waals surface area contributed by atoms with E-state index in [0.29, 0.717) is 6.04 Å². The van der Waals surface area contributed by atoms with Gasteiger partial charge in [0.25, 0.3) is 0 Å². The summed E-state index contributed by atoms with van der Waals surface area (Å²) in [6, 6.07) is 0.365. The summed E-state index contributed by atoms with van der Waals surface area (Å²) in [5.74, 6) is 0. The van der Waals surface area contributed by atoms with Crippen LogP contribution in [-0.2, 0) is 0 Å². The Bertz CT molecular complexity index is 102. The lowest BCUT2D eigenvalue weighted by Crippen LogP contribution is -2.23. The lowest BCUT2D eigenvalue weighted by molar-refractivity contribution is 0.314. The molecule has 0 saturated heterocycles. The second-order valence-electron chi connectivity index (χ2n) is 4.13. The van der Waals surface area contributed by atoms with E-state index in [1.807, 2.05) is 0 Å². The molecule has 0 aromatic rings. The van der Waals surface area contributed by atoms with E-state index in [1.165, 1.54) is 38.8 Å². The minimum Gasteiger partial charge on any atom is -0.328 e. The maximum Gasteiger partial charge on any atom is 0.00109 e. The van der Waals surface area contributed by atoms with Crippen LogP contribution in [0, 0.1) is 0 Å². The molecular formula is C11H26N2. The van der Waals surface area contributed by atoms with Crippen molar-refractivity contribution in [3.05, 3.63) is 0 Å². The Morgan fingerprint density at radius 3 is 2.31 bits per heavy atom. The minimum atomic E-state index is 0.365. The van der Waals surface area contributed by atoms with E-state index in [0.717, 1.165) is 6.42 Å². The van der Waals surface area contributed by atoms with Crippen LogP contribution in [0.2, 0.25) is 0 Å². The van der Waals surface area contributed by atoms with Crippen LogP contribution < -0.4 is 5.73 Å². The zero-order valence-electron chi connectivity index (χ0n) is 9.55. The van der Waals surface area contributed by atoms with Crippen molar-refractivity contribution in [1.82, 2.24) is 4.90 Å². The van der Waals surface area contributed by atoms with E-state index in [9.17, 15) is 0 Å². The smallest absolute Gasteiger partial charge is 0.00109 e. The third kappa shape index (κ3) is 9.84. The highest BCUT2D eigenvalue weighted by Crippen LogP contribution is 1.99. The van der Waals surface area contributed by atoms with E-state index < -0.39 is 0 Å². The van der Waals surface area contributed by atoms with E-state index in [-0.39, 0.29) is 0 Å². The largest absolute Gasteiger partial charge is 0.328 e. The highest BCUT2D eigenvalue weighted by Gasteiger charge is 1.99. The van der Waals surface area contributed by atoms with E-state index in [1.54, 1.807) is 0 Å². The molecule has 0 bridgehead atoms. The Morgan fingerprint density at radius 2 is 1.77 bits per heavy atom. The van der Waals surface area contributed by atoms with Gasteiger partial charge in [0.05, 0.1) is 0 Å². The van der Waals surface area contributed by atoms with Gasteiger partial charge in [0, 0.05) is 6.04 Å².